The number of amides is 2. The van der Waals surface area contributed by atoms with Gasteiger partial charge >= 0.3 is 0 Å². The second-order valence-corrected chi connectivity index (χ2v) is 12.2. The molecule has 0 spiro atoms. The molecule has 0 aliphatic rings. The summed E-state index contributed by atoms with van der Waals surface area (Å²) in [6.07, 6.45) is 2.77. The number of rotatable bonds is 14. The summed E-state index contributed by atoms with van der Waals surface area (Å²) in [5, 5.41) is 2.99. The van der Waals surface area contributed by atoms with Crippen molar-refractivity contribution in [2.75, 3.05) is 23.7 Å². The topological polar surface area (TPSA) is 86.8 Å². The van der Waals surface area contributed by atoms with Gasteiger partial charge in [-0.15, -0.1) is 0 Å². The molecule has 2 amide bonds. The molecular weight excluding hydrogens is 522 g/mol. The fourth-order valence-electron chi connectivity index (χ4n) is 4.64. The molecule has 3 aromatic rings. The molecule has 0 heterocycles. The summed E-state index contributed by atoms with van der Waals surface area (Å²) in [6.45, 7) is 6.90. The van der Waals surface area contributed by atoms with Crippen LogP contribution in [0.1, 0.15) is 48.4 Å². The third-order valence-corrected chi connectivity index (χ3v) is 7.92. The summed E-state index contributed by atoms with van der Waals surface area (Å²) < 4.78 is 26.5. The Bertz CT molecular complexity index is 1360. The van der Waals surface area contributed by atoms with Crippen LogP contribution in [0.5, 0.6) is 0 Å². The van der Waals surface area contributed by atoms with E-state index in [-0.39, 0.29) is 31.3 Å². The molecule has 3 aromatic carbocycles. The number of hydrogen-bond acceptors (Lipinski definition) is 4. The zero-order valence-electron chi connectivity index (χ0n) is 24.0. The molecule has 0 aliphatic heterocycles. The molecule has 1 N–H and O–H groups in total. The number of aryl methyl sites for hydroxylation is 2. The number of carbonyl (C=O) groups excluding carboxylic acids is 2. The lowest BCUT2D eigenvalue weighted by Gasteiger charge is -2.32. The molecular formula is C32H41N3O4S. The summed E-state index contributed by atoms with van der Waals surface area (Å²) in [4.78, 5) is 28.9. The van der Waals surface area contributed by atoms with E-state index < -0.39 is 16.1 Å². The van der Waals surface area contributed by atoms with Crippen molar-refractivity contribution in [3.63, 3.8) is 0 Å². The third-order valence-electron chi connectivity index (χ3n) is 6.73. The second-order valence-electron chi connectivity index (χ2n) is 10.3. The van der Waals surface area contributed by atoms with E-state index >= 15 is 0 Å². The van der Waals surface area contributed by atoms with Crippen LogP contribution in [0.4, 0.5) is 5.69 Å². The first-order valence-electron chi connectivity index (χ1n) is 13.8. The first-order chi connectivity index (χ1) is 19.1. The number of hydrogen-bond donors (Lipinski definition) is 1. The quantitative estimate of drug-likeness (QED) is 0.299. The number of nitrogens with zero attached hydrogens (tertiary/aromatic N) is 2. The molecule has 0 fully saturated rings. The summed E-state index contributed by atoms with van der Waals surface area (Å²) in [5.74, 6) is -0.379. The van der Waals surface area contributed by atoms with Crippen molar-refractivity contribution in [2.24, 2.45) is 0 Å². The van der Waals surface area contributed by atoms with Gasteiger partial charge in [0.25, 0.3) is 0 Å². The molecule has 0 aromatic heterocycles. The highest BCUT2D eigenvalue weighted by Gasteiger charge is 2.30. The van der Waals surface area contributed by atoms with Gasteiger partial charge in [0, 0.05) is 32.5 Å². The van der Waals surface area contributed by atoms with Gasteiger partial charge in [0.15, 0.2) is 0 Å². The zero-order valence-corrected chi connectivity index (χ0v) is 24.8. The SMILES string of the molecule is CCCNC(=O)[C@H](Cc1ccccc1)N(Cc1cccc(C)c1)C(=O)CCCN(c1ccc(C)cc1)S(C)(=O)=O. The molecule has 0 aliphatic carbocycles. The van der Waals surface area contributed by atoms with E-state index in [1.165, 1.54) is 10.6 Å². The highest BCUT2D eigenvalue weighted by atomic mass is 32.2. The van der Waals surface area contributed by atoms with Crippen LogP contribution in [-0.2, 0) is 32.6 Å². The minimum Gasteiger partial charge on any atom is -0.354 e. The molecule has 7 nitrogen and oxygen atoms in total. The Morgan fingerprint density at radius 1 is 0.875 bits per heavy atom. The summed E-state index contributed by atoms with van der Waals surface area (Å²) in [7, 11) is -3.54. The number of carbonyl (C=O) groups is 2. The van der Waals surface area contributed by atoms with Crippen molar-refractivity contribution < 1.29 is 18.0 Å². The van der Waals surface area contributed by atoms with Crippen molar-refractivity contribution >= 4 is 27.5 Å². The maximum atomic E-state index is 13.8. The summed E-state index contributed by atoms with van der Waals surface area (Å²) >= 11 is 0. The van der Waals surface area contributed by atoms with Crippen molar-refractivity contribution in [3.8, 4) is 0 Å². The Kier molecular flexibility index (Phi) is 11.3. The first kappa shape index (κ1) is 30.9. The lowest BCUT2D eigenvalue weighted by Crippen LogP contribution is -2.50. The standard InChI is InChI=1S/C32H41N3O4S/c1-5-20-33-32(37)30(23-27-12-7-6-8-13-27)34(24-28-14-9-11-26(3)22-28)31(36)15-10-21-35(40(4,38)39)29-18-16-25(2)17-19-29/h6-9,11-14,16-19,22,30H,5,10,15,20-21,23-24H2,1-4H3,(H,33,37)/t30-/m0/s1. The van der Waals surface area contributed by atoms with Gasteiger partial charge in [-0.3, -0.25) is 13.9 Å². The molecule has 8 heteroatoms. The van der Waals surface area contributed by atoms with Crippen LogP contribution in [0.2, 0.25) is 0 Å². The fourth-order valence-corrected chi connectivity index (χ4v) is 5.61. The number of nitrogens with one attached hydrogen (secondary N) is 1. The van der Waals surface area contributed by atoms with E-state index in [0.29, 0.717) is 25.1 Å². The Morgan fingerprint density at radius 2 is 1.55 bits per heavy atom. The molecule has 0 radical (unpaired) electrons. The van der Waals surface area contributed by atoms with Crippen LogP contribution < -0.4 is 9.62 Å². The number of anilines is 1. The molecule has 40 heavy (non-hydrogen) atoms. The third kappa shape index (κ3) is 9.23. The summed E-state index contributed by atoms with van der Waals surface area (Å²) in [6, 6.07) is 24.2. The van der Waals surface area contributed by atoms with E-state index in [9.17, 15) is 18.0 Å². The van der Waals surface area contributed by atoms with Gasteiger partial charge in [0.05, 0.1) is 11.9 Å². The van der Waals surface area contributed by atoms with Crippen molar-refractivity contribution in [2.45, 2.75) is 59.0 Å². The van der Waals surface area contributed by atoms with Crippen LogP contribution in [0.25, 0.3) is 0 Å². The van der Waals surface area contributed by atoms with Gasteiger partial charge in [-0.2, -0.15) is 0 Å². The van der Waals surface area contributed by atoms with Crippen LogP contribution in [-0.4, -0.2) is 50.5 Å². The van der Waals surface area contributed by atoms with E-state index in [1.54, 1.807) is 17.0 Å². The van der Waals surface area contributed by atoms with Gasteiger partial charge < -0.3 is 10.2 Å². The van der Waals surface area contributed by atoms with Gasteiger partial charge in [-0.1, -0.05) is 84.8 Å². The number of sulfonamides is 1. The van der Waals surface area contributed by atoms with Crippen LogP contribution in [0.15, 0.2) is 78.9 Å². The van der Waals surface area contributed by atoms with E-state index in [2.05, 4.69) is 5.32 Å². The molecule has 3 rings (SSSR count). The monoisotopic (exact) mass is 563 g/mol. The van der Waals surface area contributed by atoms with Crippen LogP contribution >= 0.6 is 0 Å². The molecule has 1 atom stereocenters. The minimum atomic E-state index is -3.54. The average molecular weight is 564 g/mol. The first-order valence-corrected chi connectivity index (χ1v) is 15.6. The Morgan fingerprint density at radius 3 is 2.17 bits per heavy atom. The largest absolute Gasteiger partial charge is 0.354 e. The predicted octanol–water partition coefficient (Wildman–Crippen LogP) is 5.02. The normalized spacial score (nSPS) is 12.0. The summed E-state index contributed by atoms with van der Waals surface area (Å²) in [5.41, 5.74) is 4.57. The molecule has 0 saturated heterocycles. The van der Waals surface area contributed by atoms with Gasteiger partial charge in [-0.05, 0) is 49.9 Å². The maximum absolute atomic E-state index is 13.8. The van der Waals surface area contributed by atoms with Crippen LogP contribution in [0, 0.1) is 13.8 Å². The minimum absolute atomic E-state index is 0.107. The van der Waals surface area contributed by atoms with Crippen molar-refractivity contribution in [1.29, 1.82) is 0 Å². The lowest BCUT2D eigenvalue weighted by atomic mass is 10.0. The van der Waals surface area contributed by atoms with Gasteiger partial charge in [0.1, 0.15) is 6.04 Å². The van der Waals surface area contributed by atoms with Crippen molar-refractivity contribution in [3.05, 3.63) is 101 Å². The van der Waals surface area contributed by atoms with E-state index in [4.69, 9.17) is 0 Å². The van der Waals surface area contributed by atoms with Crippen molar-refractivity contribution in [1.82, 2.24) is 10.2 Å². The van der Waals surface area contributed by atoms with E-state index in [1.807, 2.05) is 87.5 Å². The average Bonchev–Trinajstić information content (AvgIpc) is 2.92. The highest BCUT2D eigenvalue weighted by molar-refractivity contribution is 7.92. The van der Waals surface area contributed by atoms with E-state index in [0.717, 1.165) is 28.7 Å². The Labute approximate surface area is 239 Å². The highest BCUT2D eigenvalue weighted by Crippen LogP contribution is 2.21. The smallest absolute Gasteiger partial charge is 0.243 e. The second kappa shape index (κ2) is 14.7. The molecule has 0 bridgehead atoms. The number of benzene rings is 3. The molecule has 214 valence electrons. The Balaban J connectivity index is 1.86. The molecule has 0 saturated carbocycles. The fraction of sp³-hybridized carbons (Fsp3) is 0.375. The maximum Gasteiger partial charge on any atom is 0.243 e. The Hall–Kier alpha value is -3.65. The molecule has 0 unspecified atom stereocenters. The lowest BCUT2D eigenvalue weighted by molar-refractivity contribution is -0.141. The van der Waals surface area contributed by atoms with Gasteiger partial charge in [-0.25, -0.2) is 8.42 Å². The van der Waals surface area contributed by atoms with Gasteiger partial charge in [0.2, 0.25) is 21.8 Å². The zero-order chi connectivity index (χ0) is 29.1. The van der Waals surface area contributed by atoms with Crippen LogP contribution in [0.3, 0.4) is 0 Å². The predicted molar refractivity (Wildman–Crippen MR) is 162 cm³/mol.